The smallest absolute Gasteiger partial charge is 0.146 e. The zero-order chi connectivity index (χ0) is 15.6. The van der Waals surface area contributed by atoms with Crippen LogP contribution < -0.4 is 5.32 Å². The van der Waals surface area contributed by atoms with E-state index in [0.717, 1.165) is 6.42 Å². The highest BCUT2D eigenvalue weighted by Gasteiger charge is 2.18. The van der Waals surface area contributed by atoms with Crippen LogP contribution in [0.15, 0.2) is 30.3 Å². The van der Waals surface area contributed by atoms with E-state index in [2.05, 4.69) is 38.2 Å². The molecule has 0 saturated heterocycles. The second kappa shape index (κ2) is 6.59. The van der Waals surface area contributed by atoms with Crippen LogP contribution in [0.5, 0.6) is 0 Å². The quantitative estimate of drug-likeness (QED) is 0.846. The molecule has 0 amide bonds. The van der Waals surface area contributed by atoms with Crippen molar-refractivity contribution in [1.29, 1.82) is 0 Å². The summed E-state index contributed by atoms with van der Waals surface area (Å²) in [5.74, 6) is -0.332. The molecule has 0 spiro atoms. The predicted octanol–water partition coefficient (Wildman–Crippen LogP) is 4.91. The van der Waals surface area contributed by atoms with Gasteiger partial charge in [-0.2, -0.15) is 0 Å². The first kappa shape index (κ1) is 16.0. The Labute approximate surface area is 131 Å². The number of nitrogens with one attached hydrogen (secondary N) is 1. The molecule has 1 N–H and O–H groups in total. The SMILES string of the molecule is CNC(Cc1c(C)cc(C)cc1C)c1cccc(Cl)c1F. The van der Waals surface area contributed by atoms with Gasteiger partial charge in [0.1, 0.15) is 5.82 Å². The summed E-state index contributed by atoms with van der Waals surface area (Å²) in [5, 5.41) is 3.38. The van der Waals surface area contributed by atoms with Crippen LogP contribution in [0.25, 0.3) is 0 Å². The summed E-state index contributed by atoms with van der Waals surface area (Å²) < 4.78 is 14.2. The summed E-state index contributed by atoms with van der Waals surface area (Å²) in [6.07, 6.45) is 0.742. The van der Waals surface area contributed by atoms with Crippen molar-refractivity contribution in [3.05, 3.63) is 69.0 Å². The zero-order valence-electron chi connectivity index (χ0n) is 12.9. The van der Waals surface area contributed by atoms with Crippen LogP contribution in [-0.4, -0.2) is 7.05 Å². The molecule has 1 nitrogen and oxygen atoms in total. The van der Waals surface area contributed by atoms with E-state index in [1.54, 1.807) is 18.2 Å². The Hall–Kier alpha value is -1.38. The molecule has 0 bridgehead atoms. The van der Waals surface area contributed by atoms with Crippen LogP contribution in [0, 0.1) is 26.6 Å². The van der Waals surface area contributed by atoms with E-state index >= 15 is 0 Å². The van der Waals surface area contributed by atoms with Crippen LogP contribution in [0.1, 0.15) is 33.9 Å². The fourth-order valence-electron chi connectivity index (χ4n) is 2.89. The van der Waals surface area contributed by atoms with Gasteiger partial charge in [0, 0.05) is 11.6 Å². The monoisotopic (exact) mass is 305 g/mol. The first-order valence-corrected chi connectivity index (χ1v) is 7.49. The van der Waals surface area contributed by atoms with Gasteiger partial charge in [-0.05, 0) is 57.0 Å². The van der Waals surface area contributed by atoms with Gasteiger partial charge in [0.2, 0.25) is 0 Å². The molecular weight excluding hydrogens is 285 g/mol. The Kier molecular flexibility index (Phi) is 5.02. The lowest BCUT2D eigenvalue weighted by Gasteiger charge is -2.21. The third kappa shape index (κ3) is 3.45. The molecule has 0 aliphatic rings. The van der Waals surface area contributed by atoms with Crippen LogP contribution in [0.2, 0.25) is 5.02 Å². The first-order valence-electron chi connectivity index (χ1n) is 7.12. The molecule has 0 aliphatic heterocycles. The highest BCUT2D eigenvalue weighted by Crippen LogP contribution is 2.28. The molecule has 0 fully saturated rings. The van der Waals surface area contributed by atoms with Gasteiger partial charge < -0.3 is 5.32 Å². The van der Waals surface area contributed by atoms with E-state index in [4.69, 9.17) is 11.6 Å². The maximum Gasteiger partial charge on any atom is 0.146 e. The molecule has 2 rings (SSSR count). The van der Waals surface area contributed by atoms with Crippen molar-refractivity contribution in [3.63, 3.8) is 0 Å². The molecule has 1 atom stereocenters. The topological polar surface area (TPSA) is 12.0 Å². The first-order chi connectivity index (χ1) is 9.93. The number of halogens is 2. The van der Waals surface area contributed by atoms with Crippen LogP contribution in [-0.2, 0) is 6.42 Å². The fourth-order valence-corrected chi connectivity index (χ4v) is 3.07. The van der Waals surface area contributed by atoms with Crippen molar-refractivity contribution >= 4 is 11.6 Å². The molecule has 21 heavy (non-hydrogen) atoms. The predicted molar refractivity (Wildman–Crippen MR) is 87.6 cm³/mol. The van der Waals surface area contributed by atoms with Crippen molar-refractivity contribution in [1.82, 2.24) is 5.32 Å². The molecule has 2 aromatic carbocycles. The lowest BCUT2D eigenvalue weighted by Crippen LogP contribution is -2.21. The molecule has 0 heterocycles. The van der Waals surface area contributed by atoms with E-state index in [1.807, 2.05) is 7.05 Å². The van der Waals surface area contributed by atoms with E-state index in [1.165, 1.54) is 22.3 Å². The Bertz CT molecular complexity index is 629. The summed E-state index contributed by atoms with van der Waals surface area (Å²) in [5.41, 5.74) is 5.62. The van der Waals surface area contributed by atoms with Crippen molar-refractivity contribution < 1.29 is 4.39 Å². The van der Waals surface area contributed by atoms with Gasteiger partial charge in [-0.3, -0.25) is 0 Å². The second-order valence-corrected chi connectivity index (χ2v) is 5.97. The minimum Gasteiger partial charge on any atom is -0.313 e. The van der Waals surface area contributed by atoms with E-state index in [9.17, 15) is 4.39 Å². The Morgan fingerprint density at radius 2 is 1.76 bits per heavy atom. The Balaban J connectivity index is 2.38. The molecule has 3 heteroatoms. The van der Waals surface area contributed by atoms with Gasteiger partial charge in [-0.25, -0.2) is 4.39 Å². The molecule has 0 saturated carbocycles. The van der Waals surface area contributed by atoms with Gasteiger partial charge in [0.25, 0.3) is 0 Å². The summed E-state index contributed by atoms with van der Waals surface area (Å²) in [6.45, 7) is 6.31. The van der Waals surface area contributed by atoms with E-state index in [-0.39, 0.29) is 16.9 Å². The summed E-state index contributed by atoms with van der Waals surface area (Å²) in [6, 6.07) is 9.41. The number of benzene rings is 2. The number of rotatable bonds is 4. The lowest BCUT2D eigenvalue weighted by molar-refractivity contribution is 0.533. The number of aryl methyl sites for hydroxylation is 3. The largest absolute Gasteiger partial charge is 0.313 e. The zero-order valence-corrected chi connectivity index (χ0v) is 13.7. The minimum absolute atomic E-state index is 0.0937. The fraction of sp³-hybridized carbons (Fsp3) is 0.333. The Morgan fingerprint density at radius 1 is 1.14 bits per heavy atom. The average molecular weight is 306 g/mol. The summed E-state index contributed by atoms with van der Waals surface area (Å²) in [4.78, 5) is 0. The third-order valence-corrected chi connectivity index (χ3v) is 4.25. The minimum atomic E-state index is -0.332. The molecule has 0 radical (unpaired) electrons. The number of hydrogen-bond donors (Lipinski definition) is 1. The summed E-state index contributed by atoms with van der Waals surface area (Å²) >= 11 is 5.90. The maximum atomic E-state index is 14.2. The van der Waals surface area contributed by atoms with Crippen LogP contribution >= 0.6 is 11.6 Å². The van der Waals surface area contributed by atoms with Crippen LogP contribution in [0.3, 0.4) is 0 Å². The van der Waals surface area contributed by atoms with Crippen LogP contribution in [0.4, 0.5) is 4.39 Å². The summed E-state index contributed by atoms with van der Waals surface area (Å²) in [7, 11) is 1.85. The molecule has 2 aromatic rings. The van der Waals surface area contributed by atoms with Gasteiger partial charge in [0.15, 0.2) is 0 Å². The molecule has 0 aliphatic carbocycles. The molecule has 1 unspecified atom stereocenters. The number of hydrogen-bond acceptors (Lipinski definition) is 1. The lowest BCUT2D eigenvalue weighted by atomic mass is 9.91. The molecule has 112 valence electrons. The highest BCUT2D eigenvalue weighted by molar-refractivity contribution is 6.30. The standard InChI is InChI=1S/C18H21ClFN/c1-11-8-12(2)15(13(3)9-11)10-17(21-4)14-6-5-7-16(19)18(14)20/h5-9,17,21H,10H2,1-4H3. The van der Waals surface area contributed by atoms with Gasteiger partial charge in [0.05, 0.1) is 5.02 Å². The normalized spacial score (nSPS) is 12.5. The number of likely N-dealkylation sites (N-methyl/N-ethyl adjacent to an activating group) is 1. The van der Waals surface area contributed by atoms with E-state index in [0.29, 0.717) is 5.56 Å². The van der Waals surface area contributed by atoms with Gasteiger partial charge in [-0.1, -0.05) is 41.4 Å². The van der Waals surface area contributed by atoms with Gasteiger partial charge >= 0.3 is 0 Å². The second-order valence-electron chi connectivity index (χ2n) is 5.57. The van der Waals surface area contributed by atoms with Crippen molar-refractivity contribution in [2.75, 3.05) is 7.05 Å². The van der Waals surface area contributed by atoms with Crippen molar-refractivity contribution in [2.45, 2.75) is 33.2 Å². The highest BCUT2D eigenvalue weighted by atomic mass is 35.5. The maximum absolute atomic E-state index is 14.2. The van der Waals surface area contributed by atoms with Gasteiger partial charge in [-0.15, -0.1) is 0 Å². The van der Waals surface area contributed by atoms with Crippen molar-refractivity contribution in [2.24, 2.45) is 0 Å². The molecule has 0 aromatic heterocycles. The Morgan fingerprint density at radius 3 is 2.33 bits per heavy atom. The average Bonchev–Trinajstić information content (AvgIpc) is 2.42. The van der Waals surface area contributed by atoms with Crippen molar-refractivity contribution in [3.8, 4) is 0 Å². The van der Waals surface area contributed by atoms with E-state index < -0.39 is 0 Å². The molecular formula is C18H21ClFN. The third-order valence-electron chi connectivity index (χ3n) is 3.95.